The van der Waals surface area contributed by atoms with Gasteiger partial charge in [-0.05, 0) is 90.4 Å². The topological polar surface area (TPSA) is 18.5 Å². The third-order valence-electron chi connectivity index (χ3n) is 8.05. The van der Waals surface area contributed by atoms with Gasteiger partial charge in [0.2, 0.25) is 0 Å². The molecule has 0 radical (unpaired) electrons. The van der Waals surface area contributed by atoms with E-state index in [0.29, 0.717) is 0 Å². The van der Waals surface area contributed by atoms with E-state index in [1.54, 1.807) is 7.11 Å². The van der Waals surface area contributed by atoms with Crippen molar-refractivity contribution in [1.29, 1.82) is 0 Å². The quantitative estimate of drug-likeness (QED) is 0.403. The van der Waals surface area contributed by atoms with Crippen molar-refractivity contribution in [3.8, 4) is 16.9 Å². The molecule has 3 heteroatoms. The lowest BCUT2D eigenvalue weighted by molar-refractivity contribution is -0.00881. The molecule has 0 aliphatic heterocycles. The Labute approximate surface area is 195 Å². The Balaban J connectivity index is 1.75. The van der Waals surface area contributed by atoms with Crippen LogP contribution in [0.1, 0.15) is 70.4 Å². The highest BCUT2D eigenvalue weighted by atomic mass is 79.9. The maximum atomic E-state index is 6.44. The van der Waals surface area contributed by atoms with Crippen molar-refractivity contribution in [3.63, 3.8) is 0 Å². The average molecular weight is 483 g/mol. The summed E-state index contributed by atoms with van der Waals surface area (Å²) in [6.45, 7) is 7.26. The summed E-state index contributed by atoms with van der Waals surface area (Å²) in [6.07, 6.45) is 8.32. The van der Waals surface area contributed by atoms with Gasteiger partial charge in [0, 0.05) is 22.7 Å². The van der Waals surface area contributed by atoms with E-state index >= 15 is 0 Å². The number of hydrogen-bond acceptors (Lipinski definition) is 2. The van der Waals surface area contributed by atoms with Gasteiger partial charge in [-0.1, -0.05) is 61.0 Å². The SMILES string of the molecule is COCOc1c(-c2ccccc2Br)cc(C(C)(C)C)cc1C12CC3CC(CC(C3)C1)C2. The van der Waals surface area contributed by atoms with Crippen molar-refractivity contribution in [2.45, 2.75) is 70.1 Å². The molecule has 166 valence electrons. The van der Waals surface area contributed by atoms with Gasteiger partial charge in [0.15, 0.2) is 6.79 Å². The fraction of sp³-hybridized carbons (Fsp3) is 0.571. The first-order chi connectivity index (χ1) is 14.8. The van der Waals surface area contributed by atoms with Crippen molar-refractivity contribution in [2.24, 2.45) is 17.8 Å². The second-order valence-corrected chi connectivity index (χ2v) is 12.2. The zero-order valence-corrected chi connectivity index (χ0v) is 20.9. The molecule has 31 heavy (non-hydrogen) atoms. The van der Waals surface area contributed by atoms with Crippen LogP contribution in [0.5, 0.6) is 5.75 Å². The normalized spacial score (nSPS) is 29.4. The second-order valence-electron chi connectivity index (χ2n) is 11.4. The van der Waals surface area contributed by atoms with E-state index in [9.17, 15) is 0 Å². The number of hydrogen-bond donors (Lipinski definition) is 0. The van der Waals surface area contributed by atoms with Crippen LogP contribution in [0.15, 0.2) is 40.9 Å². The van der Waals surface area contributed by atoms with Crippen LogP contribution < -0.4 is 4.74 Å². The van der Waals surface area contributed by atoms with Gasteiger partial charge in [-0.2, -0.15) is 0 Å². The first kappa shape index (κ1) is 21.5. The number of rotatable bonds is 5. The van der Waals surface area contributed by atoms with E-state index in [4.69, 9.17) is 9.47 Å². The molecule has 0 saturated heterocycles. The van der Waals surface area contributed by atoms with Crippen molar-refractivity contribution >= 4 is 15.9 Å². The lowest BCUT2D eigenvalue weighted by Crippen LogP contribution is -2.48. The van der Waals surface area contributed by atoms with Gasteiger partial charge in [0.05, 0.1) is 0 Å². The maximum Gasteiger partial charge on any atom is 0.188 e. The molecular weight excluding hydrogens is 448 g/mol. The molecule has 2 nitrogen and oxygen atoms in total. The van der Waals surface area contributed by atoms with Crippen LogP contribution in [0, 0.1) is 17.8 Å². The fourth-order valence-electron chi connectivity index (χ4n) is 7.05. The summed E-state index contributed by atoms with van der Waals surface area (Å²) in [5.41, 5.74) is 5.58. The highest BCUT2D eigenvalue weighted by Crippen LogP contribution is 2.63. The minimum Gasteiger partial charge on any atom is -0.467 e. The summed E-state index contributed by atoms with van der Waals surface area (Å²) in [6, 6.07) is 13.4. The van der Waals surface area contributed by atoms with Crippen molar-refractivity contribution in [3.05, 3.63) is 52.0 Å². The second kappa shape index (κ2) is 7.92. The summed E-state index contributed by atoms with van der Waals surface area (Å²) in [5, 5.41) is 0. The largest absolute Gasteiger partial charge is 0.467 e. The van der Waals surface area contributed by atoms with Crippen LogP contribution >= 0.6 is 15.9 Å². The van der Waals surface area contributed by atoms with E-state index in [-0.39, 0.29) is 17.6 Å². The molecule has 4 aliphatic carbocycles. The van der Waals surface area contributed by atoms with Crippen LogP contribution in [0.25, 0.3) is 11.1 Å². The Bertz CT molecular complexity index is 936. The molecule has 4 saturated carbocycles. The number of benzene rings is 2. The van der Waals surface area contributed by atoms with Crippen LogP contribution in [0.3, 0.4) is 0 Å². The lowest BCUT2D eigenvalue weighted by Gasteiger charge is -2.57. The Morgan fingerprint density at radius 1 is 0.935 bits per heavy atom. The zero-order valence-electron chi connectivity index (χ0n) is 19.3. The summed E-state index contributed by atoms with van der Waals surface area (Å²) in [5.74, 6) is 3.73. The minimum absolute atomic E-state index is 0.0762. The number of halogens is 1. The van der Waals surface area contributed by atoms with E-state index in [0.717, 1.165) is 28.0 Å². The molecule has 4 aliphatic rings. The van der Waals surface area contributed by atoms with Crippen molar-refractivity contribution < 1.29 is 9.47 Å². The maximum absolute atomic E-state index is 6.44. The fourth-order valence-corrected chi connectivity index (χ4v) is 7.55. The van der Waals surface area contributed by atoms with Gasteiger partial charge < -0.3 is 9.47 Å². The molecule has 0 N–H and O–H groups in total. The predicted octanol–water partition coefficient (Wildman–Crippen LogP) is 7.86. The first-order valence-electron chi connectivity index (χ1n) is 11.8. The Morgan fingerprint density at radius 3 is 2.10 bits per heavy atom. The van der Waals surface area contributed by atoms with E-state index in [1.165, 1.54) is 60.8 Å². The summed E-state index contributed by atoms with van der Waals surface area (Å²) in [7, 11) is 1.71. The van der Waals surface area contributed by atoms with Gasteiger partial charge in [0.1, 0.15) is 5.75 Å². The van der Waals surface area contributed by atoms with E-state index < -0.39 is 0 Å². The standard InChI is InChI=1S/C28H35BrO2/c1-27(2,3)21-12-23(22-7-5-6-8-25(22)29)26(31-17-30-4)24(13-21)28-14-18-9-19(15-28)11-20(10-18)16-28/h5-8,12-13,18-20H,9-11,14-17H2,1-4H3. The van der Waals surface area contributed by atoms with E-state index in [1.807, 2.05) is 0 Å². The Hall–Kier alpha value is -1.32. The first-order valence-corrected chi connectivity index (χ1v) is 12.6. The minimum atomic E-state index is 0.0762. The average Bonchev–Trinajstić information content (AvgIpc) is 2.70. The van der Waals surface area contributed by atoms with Crippen LogP contribution in [0.2, 0.25) is 0 Å². The highest BCUT2D eigenvalue weighted by Gasteiger charge is 2.53. The van der Waals surface area contributed by atoms with Crippen LogP contribution in [0.4, 0.5) is 0 Å². The zero-order chi connectivity index (χ0) is 21.8. The van der Waals surface area contributed by atoms with E-state index in [2.05, 4.69) is 73.1 Å². The number of methoxy groups -OCH3 is 1. The molecule has 0 heterocycles. The lowest BCUT2D eigenvalue weighted by atomic mass is 9.47. The molecule has 0 aromatic heterocycles. The molecule has 0 unspecified atom stereocenters. The molecule has 0 amide bonds. The molecule has 4 bridgehead atoms. The predicted molar refractivity (Wildman–Crippen MR) is 131 cm³/mol. The molecular formula is C28H35BrO2. The Kier molecular flexibility index (Phi) is 5.50. The van der Waals surface area contributed by atoms with Gasteiger partial charge in [-0.3, -0.25) is 0 Å². The summed E-state index contributed by atoms with van der Waals surface area (Å²) in [4.78, 5) is 0. The molecule has 0 spiro atoms. The number of ether oxygens (including phenoxy) is 2. The monoisotopic (exact) mass is 482 g/mol. The van der Waals surface area contributed by atoms with Crippen molar-refractivity contribution in [2.75, 3.05) is 13.9 Å². The van der Waals surface area contributed by atoms with Gasteiger partial charge in [-0.25, -0.2) is 0 Å². The van der Waals surface area contributed by atoms with Gasteiger partial charge in [0.25, 0.3) is 0 Å². The summed E-state index contributed by atoms with van der Waals surface area (Å²) >= 11 is 3.81. The molecule has 0 atom stereocenters. The van der Waals surface area contributed by atoms with Crippen LogP contribution in [-0.2, 0) is 15.6 Å². The smallest absolute Gasteiger partial charge is 0.188 e. The van der Waals surface area contributed by atoms with Gasteiger partial charge >= 0.3 is 0 Å². The van der Waals surface area contributed by atoms with Gasteiger partial charge in [-0.15, -0.1) is 0 Å². The van der Waals surface area contributed by atoms with Crippen molar-refractivity contribution in [1.82, 2.24) is 0 Å². The molecule has 2 aromatic carbocycles. The molecule has 6 rings (SSSR count). The molecule has 2 aromatic rings. The Morgan fingerprint density at radius 2 is 1.55 bits per heavy atom. The third kappa shape index (κ3) is 3.86. The van der Waals surface area contributed by atoms with Crippen LogP contribution in [-0.4, -0.2) is 13.9 Å². The third-order valence-corrected chi connectivity index (χ3v) is 8.74. The molecule has 4 fully saturated rings. The summed E-state index contributed by atoms with van der Waals surface area (Å²) < 4.78 is 13.0. The highest BCUT2D eigenvalue weighted by molar-refractivity contribution is 9.10.